The van der Waals surface area contributed by atoms with Crippen molar-refractivity contribution in [3.63, 3.8) is 0 Å². The number of amides is 2. The SMILES string of the molecule is CC(C)OC(=O)[C@H](CCC(=O)C=[N+]=[N-])NC(=O)OCOC(=O)C(C)(C)C.CCOC(=O)[C@@H](N)CCC(=O)C=[N+]=[N-].CCOC(=O)[C@H](CCC(=O)C=[N+]=[N-])NC(=O)OC(C)OC(=O)C(C)(C)C.COP(C)C.COPC. The molecule has 428 valence electrons. The van der Waals surface area contributed by atoms with Crippen LogP contribution in [-0.4, -0.2) is 177 Å². The van der Waals surface area contributed by atoms with Gasteiger partial charge >= 0.3 is 60.7 Å². The van der Waals surface area contributed by atoms with E-state index >= 15 is 0 Å². The van der Waals surface area contributed by atoms with Gasteiger partial charge in [0.2, 0.25) is 30.4 Å². The first-order valence-electron chi connectivity index (χ1n) is 22.9. The van der Waals surface area contributed by atoms with Crippen LogP contribution < -0.4 is 16.4 Å². The van der Waals surface area contributed by atoms with Gasteiger partial charge in [0.15, 0.2) is 0 Å². The fourth-order valence-corrected chi connectivity index (χ4v) is 3.90. The van der Waals surface area contributed by atoms with Crippen LogP contribution in [0.4, 0.5) is 9.59 Å². The molecule has 2 unspecified atom stereocenters. The molecule has 5 atom stereocenters. The first-order valence-corrected chi connectivity index (χ1v) is 26.4. The zero-order chi connectivity index (χ0) is 59.3. The molecule has 0 aliphatic carbocycles. The Bertz CT molecular complexity index is 1920. The quantitative estimate of drug-likeness (QED) is 0.0208. The zero-order valence-corrected chi connectivity index (χ0v) is 47.8. The molecule has 2 amide bonds. The predicted octanol–water partition coefficient (Wildman–Crippen LogP) is 4.13. The molecule has 4 N–H and O–H groups in total. The van der Waals surface area contributed by atoms with E-state index < -0.39 is 102 Å². The summed E-state index contributed by atoms with van der Waals surface area (Å²) in [6.07, 6.45) is -1.74. The van der Waals surface area contributed by atoms with Crippen LogP contribution in [0.2, 0.25) is 0 Å². The Morgan fingerprint density at radius 2 is 0.987 bits per heavy atom. The van der Waals surface area contributed by atoms with E-state index in [-0.39, 0.29) is 65.7 Å². The van der Waals surface area contributed by atoms with Crippen LogP contribution in [0.15, 0.2) is 0 Å². The average Bonchev–Trinajstić information content (AvgIpc) is 3.30. The van der Waals surface area contributed by atoms with Crippen molar-refractivity contribution in [2.24, 2.45) is 16.6 Å². The minimum atomic E-state index is -1.17. The van der Waals surface area contributed by atoms with Crippen molar-refractivity contribution < 1.29 is 105 Å². The molecule has 30 heteroatoms. The molecule has 0 fully saturated rings. The molecule has 0 bridgehead atoms. The highest BCUT2D eigenvalue weighted by Crippen LogP contribution is 2.22. The molecule has 0 saturated carbocycles. The van der Waals surface area contributed by atoms with Gasteiger partial charge in [-0.2, -0.15) is 14.4 Å². The number of alkyl carbamates (subject to hydrolysis) is 2. The van der Waals surface area contributed by atoms with Crippen molar-refractivity contribution in [1.82, 2.24) is 10.6 Å². The van der Waals surface area contributed by atoms with E-state index in [1.807, 2.05) is 6.66 Å². The second-order valence-electron chi connectivity index (χ2n) is 17.0. The van der Waals surface area contributed by atoms with Gasteiger partial charge in [-0.25, -0.2) is 19.2 Å². The second-order valence-corrected chi connectivity index (χ2v) is 19.8. The standard InChI is InChI=1S/2C16H25N3O7.C8H13N3O3.C3H9OP.C2H7OP/c1-10(2)26-13(21)12(7-6-11(20)8-18-17)19-15(23)25-9-24-14(22)16(3,4)5;1-6-24-13(21)12(8-7-11(20)9-18-17)19-15(23)26-10(2)25-14(22)16(3,4)5;1-2-14-8(13)7(9)4-3-6(12)5-11-10;1-4-5(2)3;1-3-4-2/h8,10,12H,6-7,9H2,1-5H3,(H,19,23);9-10,12H,6-8H2,1-5H3,(H,19,23);5,7H,2-4,9H2,1H3;1-3H3;4H,1-2H3/t12-;10?,12-;7-;;/m000../s1. The molecule has 0 spiro atoms. The van der Waals surface area contributed by atoms with Gasteiger partial charge in [-0.3, -0.25) is 28.8 Å². The summed E-state index contributed by atoms with van der Waals surface area (Å²) in [6, 6.07) is -3.10. The predicted molar refractivity (Wildman–Crippen MR) is 273 cm³/mol. The monoisotopic (exact) mass is 1110 g/mol. The van der Waals surface area contributed by atoms with E-state index in [0.717, 1.165) is 6.21 Å². The first kappa shape index (κ1) is 77.7. The summed E-state index contributed by atoms with van der Waals surface area (Å²) < 4.78 is 43.2. The van der Waals surface area contributed by atoms with Crippen molar-refractivity contribution >= 4 is 95.0 Å². The number of carbonyl (C=O) groups excluding carboxylic acids is 10. The average molecular weight is 1110 g/mol. The van der Waals surface area contributed by atoms with E-state index in [1.165, 1.54) is 6.92 Å². The lowest BCUT2D eigenvalue weighted by atomic mass is 9.97. The lowest BCUT2D eigenvalue weighted by Gasteiger charge is -2.22. The van der Waals surface area contributed by atoms with Crippen LogP contribution in [0.5, 0.6) is 0 Å². The van der Waals surface area contributed by atoms with Gasteiger partial charge in [0.25, 0.3) is 0 Å². The highest BCUT2D eigenvalue weighted by atomic mass is 31.1. The van der Waals surface area contributed by atoms with Crippen LogP contribution in [0.3, 0.4) is 0 Å². The van der Waals surface area contributed by atoms with Gasteiger partial charge in [0.05, 0.1) is 30.1 Å². The molecule has 0 aromatic heterocycles. The highest BCUT2D eigenvalue weighted by Gasteiger charge is 2.29. The van der Waals surface area contributed by atoms with Crippen LogP contribution in [0.25, 0.3) is 16.6 Å². The minimum absolute atomic E-state index is 0.0596. The van der Waals surface area contributed by atoms with Gasteiger partial charge < -0.3 is 75.2 Å². The van der Waals surface area contributed by atoms with Crippen molar-refractivity contribution in [3.05, 3.63) is 16.6 Å². The van der Waals surface area contributed by atoms with E-state index in [4.69, 9.17) is 55.3 Å². The number of nitrogens with one attached hydrogen (secondary N) is 2. The number of nitrogens with two attached hydrogens (primary N) is 1. The third kappa shape index (κ3) is 49.8. The summed E-state index contributed by atoms with van der Waals surface area (Å²) in [5.41, 5.74) is 28.5. The molecule has 0 aliphatic heterocycles. The molecule has 0 rings (SSSR count). The van der Waals surface area contributed by atoms with E-state index in [1.54, 1.807) is 83.5 Å². The Morgan fingerprint density at radius 1 is 0.600 bits per heavy atom. The third-order valence-corrected chi connectivity index (χ3v) is 8.91. The van der Waals surface area contributed by atoms with Gasteiger partial charge in [-0.15, -0.1) is 0 Å². The van der Waals surface area contributed by atoms with Crippen molar-refractivity contribution in [2.75, 3.05) is 54.2 Å². The fourth-order valence-electron chi connectivity index (χ4n) is 3.90. The largest absolute Gasteiger partial charge is 0.465 e. The lowest BCUT2D eigenvalue weighted by Crippen LogP contribution is -2.44. The van der Waals surface area contributed by atoms with Crippen molar-refractivity contribution in [1.29, 1.82) is 0 Å². The Hall–Kier alpha value is -6.22. The number of carbonyl (C=O) groups is 10. The van der Waals surface area contributed by atoms with Crippen LogP contribution >= 0.6 is 17.0 Å². The van der Waals surface area contributed by atoms with Gasteiger partial charge in [0.1, 0.15) is 18.1 Å². The number of ketones is 3. The van der Waals surface area contributed by atoms with Crippen LogP contribution in [0, 0.1) is 10.8 Å². The number of esters is 5. The maximum atomic E-state index is 12.0. The number of hydrogen-bond donors (Lipinski definition) is 3. The topological polar surface area (TPSA) is 413 Å². The van der Waals surface area contributed by atoms with Crippen molar-refractivity contribution in [2.45, 2.75) is 145 Å². The second kappa shape index (κ2) is 46.3. The maximum absolute atomic E-state index is 12.0. The molecule has 0 aliphatic rings. The molecule has 0 aromatic carbocycles. The van der Waals surface area contributed by atoms with Crippen LogP contribution in [0.1, 0.15) is 115 Å². The summed E-state index contributed by atoms with van der Waals surface area (Å²) in [6.45, 7) is 23.6. The maximum Gasteiger partial charge on any atom is 0.410 e. The highest BCUT2D eigenvalue weighted by molar-refractivity contribution is 7.50. The summed E-state index contributed by atoms with van der Waals surface area (Å²) in [4.78, 5) is 123. The lowest BCUT2D eigenvalue weighted by molar-refractivity contribution is -0.174. The number of ether oxygens (including phenoxy) is 7. The summed E-state index contributed by atoms with van der Waals surface area (Å²) in [5, 5.41) is 4.50. The van der Waals surface area contributed by atoms with Crippen LogP contribution in [-0.2, 0) is 80.6 Å². The normalized spacial score (nSPS) is 11.8. The summed E-state index contributed by atoms with van der Waals surface area (Å²) >= 11 is 0. The molecule has 28 nitrogen and oxygen atoms in total. The zero-order valence-electron chi connectivity index (χ0n) is 45.9. The van der Waals surface area contributed by atoms with Crippen molar-refractivity contribution in [3.8, 4) is 0 Å². The van der Waals surface area contributed by atoms with E-state index in [9.17, 15) is 47.9 Å². The molecule has 0 radical (unpaired) electrons. The van der Waals surface area contributed by atoms with E-state index in [0.29, 0.717) is 21.2 Å². The minimum Gasteiger partial charge on any atom is -0.465 e. The Morgan fingerprint density at radius 3 is 1.35 bits per heavy atom. The fraction of sp³-hybridized carbons (Fsp3) is 0.711. The van der Waals surface area contributed by atoms with Gasteiger partial charge in [-0.1, -0.05) is 0 Å². The third-order valence-electron chi connectivity index (χ3n) is 7.77. The molecular weight excluding hydrogens is 1030 g/mol. The summed E-state index contributed by atoms with van der Waals surface area (Å²) in [5.74, 6) is -4.61. The number of Topliss-reactive ketones (excluding diaryl/α,β-unsaturated/α-hetero) is 3. The smallest absolute Gasteiger partial charge is 0.410 e. The molecule has 75 heavy (non-hydrogen) atoms. The Kier molecular flexibility index (Phi) is 48.0. The Labute approximate surface area is 441 Å². The molecule has 0 saturated heterocycles. The number of rotatable bonds is 26. The van der Waals surface area contributed by atoms with E-state index in [2.05, 4.69) is 47.6 Å². The number of hydrogen-bond acceptors (Lipinski definition) is 20. The summed E-state index contributed by atoms with van der Waals surface area (Å²) in [7, 11) is 3.96. The first-order chi connectivity index (χ1) is 34.8. The van der Waals surface area contributed by atoms with Gasteiger partial charge in [-0.05, 0) is 108 Å². The molecule has 0 aromatic rings. The van der Waals surface area contributed by atoms with Gasteiger partial charge in [0, 0.05) is 57.4 Å². The number of nitrogens with zero attached hydrogens (tertiary/aromatic N) is 6. The molecule has 0 heterocycles. The molecular formula is C45H79N9O19P2. The Balaban J connectivity index is -0.000000311.